The molecule has 7 nitrogen and oxygen atoms in total. The molecule has 1 aliphatic heterocycles. The predicted molar refractivity (Wildman–Crippen MR) is 107 cm³/mol. The Kier molecular flexibility index (Phi) is 5.67. The zero-order valence-electron chi connectivity index (χ0n) is 16.0. The van der Waals surface area contributed by atoms with Crippen molar-refractivity contribution in [3.63, 3.8) is 0 Å². The van der Waals surface area contributed by atoms with Crippen LogP contribution in [0.4, 0.5) is 17.5 Å². The Labute approximate surface area is 159 Å². The maximum Gasteiger partial charge on any atom is 0.222 e. The molecule has 0 bridgehead atoms. The number of hydrogen-bond donors (Lipinski definition) is 2. The van der Waals surface area contributed by atoms with Crippen LogP contribution >= 0.6 is 0 Å². The second kappa shape index (κ2) is 8.14. The lowest BCUT2D eigenvalue weighted by atomic mass is 9.99. The van der Waals surface area contributed by atoms with Crippen LogP contribution in [0, 0.1) is 18.8 Å². The van der Waals surface area contributed by atoms with Gasteiger partial charge in [-0.3, -0.25) is 0 Å². The lowest BCUT2D eigenvalue weighted by molar-refractivity contribution is 0.122. The van der Waals surface area contributed by atoms with Crippen LogP contribution in [0.15, 0.2) is 18.2 Å². The molecule has 4 N–H and O–H groups in total. The van der Waals surface area contributed by atoms with E-state index in [0.29, 0.717) is 17.1 Å². The average Bonchev–Trinajstić information content (AvgIpc) is 2.67. The lowest BCUT2D eigenvalue weighted by Crippen LogP contribution is -2.36. The van der Waals surface area contributed by atoms with Gasteiger partial charge in [-0.2, -0.15) is 4.98 Å². The smallest absolute Gasteiger partial charge is 0.222 e. The standard InChI is InChI=1S/C20H25N5O2/c1-13(4-5-18-14(2)23-20(22)24-19(18)21)15-10-16(12-17(11-15)26-3)25-6-8-27-9-7-25/h10-13H,6-9H2,1-3H3,(H4,21,22,23,24). The van der Waals surface area contributed by atoms with E-state index in [9.17, 15) is 0 Å². The molecule has 7 heteroatoms. The molecule has 1 unspecified atom stereocenters. The topological polar surface area (TPSA) is 99.5 Å². The number of methoxy groups -OCH3 is 1. The largest absolute Gasteiger partial charge is 0.497 e. The molecule has 142 valence electrons. The molecule has 1 aromatic carbocycles. The van der Waals surface area contributed by atoms with Crippen LogP contribution < -0.4 is 21.1 Å². The van der Waals surface area contributed by atoms with Gasteiger partial charge in [0.15, 0.2) is 0 Å². The number of ether oxygens (including phenoxy) is 2. The highest BCUT2D eigenvalue weighted by molar-refractivity contribution is 5.58. The zero-order chi connectivity index (χ0) is 19.4. The molecule has 0 radical (unpaired) electrons. The highest BCUT2D eigenvalue weighted by atomic mass is 16.5. The van der Waals surface area contributed by atoms with Gasteiger partial charge >= 0.3 is 0 Å². The van der Waals surface area contributed by atoms with E-state index in [4.69, 9.17) is 20.9 Å². The van der Waals surface area contributed by atoms with E-state index in [1.807, 2.05) is 19.1 Å². The first-order valence-electron chi connectivity index (χ1n) is 8.90. The van der Waals surface area contributed by atoms with Crippen molar-refractivity contribution in [3.8, 4) is 17.6 Å². The fraction of sp³-hybridized carbons (Fsp3) is 0.400. The number of morpholine rings is 1. The van der Waals surface area contributed by atoms with Gasteiger partial charge in [0.05, 0.1) is 31.6 Å². The maximum absolute atomic E-state index is 5.94. The molecule has 0 amide bonds. The number of rotatable bonds is 3. The van der Waals surface area contributed by atoms with E-state index < -0.39 is 0 Å². The third kappa shape index (κ3) is 4.41. The van der Waals surface area contributed by atoms with Gasteiger partial charge in [0.25, 0.3) is 0 Å². The van der Waals surface area contributed by atoms with Crippen molar-refractivity contribution in [1.29, 1.82) is 0 Å². The van der Waals surface area contributed by atoms with Crippen molar-refractivity contribution < 1.29 is 9.47 Å². The summed E-state index contributed by atoms with van der Waals surface area (Å²) in [5.74, 6) is 7.62. The number of nitrogen functional groups attached to an aromatic ring is 2. The summed E-state index contributed by atoms with van der Waals surface area (Å²) in [6, 6.07) is 6.22. The highest BCUT2D eigenvalue weighted by Crippen LogP contribution is 2.29. The van der Waals surface area contributed by atoms with E-state index in [0.717, 1.165) is 43.3 Å². The van der Waals surface area contributed by atoms with Crippen LogP contribution in [-0.4, -0.2) is 43.4 Å². The maximum atomic E-state index is 5.94. The summed E-state index contributed by atoms with van der Waals surface area (Å²) in [5.41, 5.74) is 15.1. The minimum absolute atomic E-state index is 0.0174. The Balaban J connectivity index is 1.90. The number of hydrogen-bond acceptors (Lipinski definition) is 7. The number of nitrogens with zero attached hydrogens (tertiary/aromatic N) is 3. The first kappa shape index (κ1) is 18.8. The van der Waals surface area contributed by atoms with Gasteiger partial charge in [0.1, 0.15) is 11.6 Å². The van der Waals surface area contributed by atoms with Crippen LogP contribution in [0.5, 0.6) is 5.75 Å². The minimum atomic E-state index is -0.0174. The van der Waals surface area contributed by atoms with Crippen molar-refractivity contribution in [3.05, 3.63) is 35.0 Å². The van der Waals surface area contributed by atoms with Gasteiger partial charge in [-0.05, 0) is 31.5 Å². The Bertz CT molecular complexity index is 859. The van der Waals surface area contributed by atoms with Crippen molar-refractivity contribution in [1.82, 2.24) is 9.97 Å². The summed E-state index contributed by atoms with van der Waals surface area (Å²) in [7, 11) is 1.67. The molecule has 3 rings (SSSR count). The van der Waals surface area contributed by atoms with Crippen molar-refractivity contribution in [2.24, 2.45) is 0 Å². The van der Waals surface area contributed by atoms with Gasteiger partial charge in [0.2, 0.25) is 5.95 Å². The summed E-state index contributed by atoms with van der Waals surface area (Å²) in [6.07, 6.45) is 0. The summed E-state index contributed by atoms with van der Waals surface area (Å²) in [4.78, 5) is 10.4. The summed E-state index contributed by atoms with van der Waals surface area (Å²) < 4.78 is 10.9. The SMILES string of the molecule is COc1cc(C(C)C#Cc2c(C)nc(N)nc2N)cc(N2CCOCC2)c1. The van der Waals surface area contributed by atoms with Gasteiger partial charge < -0.3 is 25.8 Å². The zero-order valence-corrected chi connectivity index (χ0v) is 16.0. The molecule has 0 saturated carbocycles. The van der Waals surface area contributed by atoms with Crippen molar-refractivity contribution in [2.75, 3.05) is 49.8 Å². The van der Waals surface area contributed by atoms with Gasteiger partial charge in [-0.25, -0.2) is 4.98 Å². The number of aryl methyl sites for hydroxylation is 1. The Hall–Kier alpha value is -2.98. The van der Waals surface area contributed by atoms with E-state index in [-0.39, 0.29) is 11.9 Å². The van der Waals surface area contributed by atoms with Crippen LogP contribution in [0.3, 0.4) is 0 Å². The van der Waals surface area contributed by atoms with Crippen LogP contribution in [0.25, 0.3) is 0 Å². The fourth-order valence-electron chi connectivity index (χ4n) is 3.01. The Morgan fingerprint density at radius 1 is 1.19 bits per heavy atom. The fourth-order valence-corrected chi connectivity index (χ4v) is 3.01. The number of benzene rings is 1. The molecule has 27 heavy (non-hydrogen) atoms. The second-order valence-electron chi connectivity index (χ2n) is 6.48. The number of aromatic nitrogens is 2. The van der Waals surface area contributed by atoms with E-state index >= 15 is 0 Å². The summed E-state index contributed by atoms with van der Waals surface area (Å²) in [6.45, 7) is 7.07. The molecule has 2 heterocycles. The molecular weight excluding hydrogens is 342 g/mol. The third-order valence-electron chi connectivity index (χ3n) is 4.57. The van der Waals surface area contributed by atoms with Gasteiger partial charge in [-0.1, -0.05) is 11.8 Å². The first-order valence-corrected chi connectivity index (χ1v) is 8.90. The molecule has 1 saturated heterocycles. The first-order chi connectivity index (χ1) is 13.0. The van der Waals surface area contributed by atoms with Crippen LogP contribution in [0.1, 0.15) is 29.7 Å². The molecular formula is C20H25N5O2. The number of anilines is 3. The highest BCUT2D eigenvalue weighted by Gasteiger charge is 2.15. The molecule has 0 spiro atoms. The van der Waals surface area contributed by atoms with E-state index in [1.165, 1.54) is 0 Å². The summed E-state index contributed by atoms with van der Waals surface area (Å²) in [5, 5.41) is 0. The van der Waals surface area contributed by atoms with Crippen molar-refractivity contribution >= 4 is 17.5 Å². The average molecular weight is 367 g/mol. The monoisotopic (exact) mass is 367 g/mol. The molecule has 1 atom stereocenters. The van der Waals surface area contributed by atoms with Crippen LogP contribution in [-0.2, 0) is 4.74 Å². The van der Waals surface area contributed by atoms with Gasteiger partial charge in [0, 0.05) is 30.8 Å². The molecule has 2 aromatic rings. The normalized spacial score (nSPS) is 15.0. The quantitative estimate of drug-likeness (QED) is 0.800. The Morgan fingerprint density at radius 2 is 1.93 bits per heavy atom. The van der Waals surface area contributed by atoms with E-state index in [1.54, 1.807) is 7.11 Å². The lowest BCUT2D eigenvalue weighted by Gasteiger charge is -2.29. The molecule has 1 aliphatic rings. The van der Waals surface area contributed by atoms with Crippen LogP contribution in [0.2, 0.25) is 0 Å². The number of nitrogens with two attached hydrogens (primary N) is 2. The minimum Gasteiger partial charge on any atom is -0.497 e. The van der Waals surface area contributed by atoms with Crippen molar-refractivity contribution in [2.45, 2.75) is 19.8 Å². The molecule has 0 aliphatic carbocycles. The van der Waals surface area contributed by atoms with Gasteiger partial charge in [-0.15, -0.1) is 0 Å². The molecule has 1 aromatic heterocycles. The third-order valence-corrected chi connectivity index (χ3v) is 4.57. The molecule has 1 fully saturated rings. The second-order valence-corrected chi connectivity index (χ2v) is 6.48. The van der Waals surface area contributed by atoms with E-state index in [2.05, 4.69) is 39.7 Å². The Morgan fingerprint density at radius 3 is 2.59 bits per heavy atom. The summed E-state index contributed by atoms with van der Waals surface area (Å²) >= 11 is 0. The predicted octanol–water partition coefficient (Wildman–Crippen LogP) is 1.95.